The van der Waals surface area contributed by atoms with Crippen LogP contribution in [0.15, 0.2) is 0 Å². The van der Waals surface area contributed by atoms with E-state index in [4.69, 9.17) is 4.74 Å². The molecular weight excluding hydrogens is 204 g/mol. The van der Waals surface area contributed by atoms with Crippen LogP contribution in [-0.2, 0) is 9.53 Å². The van der Waals surface area contributed by atoms with Crippen LogP contribution in [0.25, 0.3) is 0 Å². The number of carbonyl (C=O) groups excluding carboxylic acids is 1. The Labute approximate surface area is 98.2 Å². The Morgan fingerprint density at radius 2 is 1.88 bits per heavy atom. The minimum Gasteiger partial charge on any atom is -0.466 e. The molecular formula is C13H24O3. The smallest absolute Gasteiger partial charge is 0.312 e. The normalized spacial score (nSPS) is 21.8. The molecule has 16 heavy (non-hydrogen) atoms. The van der Waals surface area contributed by atoms with Gasteiger partial charge in [-0.2, -0.15) is 0 Å². The number of hydrogen-bond acceptors (Lipinski definition) is 3. The molecule has 1 fully saturated rings. The molecule has 1 atom stereocenters. The molecule has 1 rings (SSSR count). The van der Waals surface area contributed by atoms with Crippen LogP contribution in [0.3, 0.4) is 0 Å². The summed E-state index contributed by atoms with van der Waals surface area (Å²) in [6, 6.07) is 0. The molecule has 3 nitrogen and oxygen atoms in total. The summed E-state index contributed by atoms with van der Waals surface area (Å²) in [5.74, 6) is -0.475. The van der Waals surface area contributed by atoms with E-state index >= 15 is 0 Å². The Kier molecular flexibility index (Phi) is 4.78. The summed E-state index contributed by atoms with van der Waals surface area (Å²) in [6.45, 7) is 6.15. The lowest BCUT2D eigenvalue weighted by Gasteiger charge is -2.39. The molecule has 0 bridgehead atoms. The molecule has 1 unspecified atom stereocenters. The average Bonchev–Trinajstić information content (AvgIpc) is 2.17. The highest BCUT2D eigenvalue weighted by Crippen LogP contribution is 2.38. The maximum absolute atomic E-state index is 11.9. The predicted molar refractivity (Wildman–Crippen MR) is 63.0 cm³/mol. The fourth-order valence-corrected chi connectivity index (χ4v) is 2.82. The molecule has 1 aliphatic carbocycles. The van der Waals surface area contributed by atoms with E-state index < -0.39 is 5.60 Å². The van der Waals surface area contributed by atoms with Crippen LogP contribution in [0.5, 0.6) is 0 Å². The Balaban J connectivity index is 2.78. The Morgan fingerprint density at radius 1 is 1.31 bits per heavy atom. The van der Waals surface area contributed by atoms with E-state index in [1.54, 1.807) is 6.92 Å². The van der Waals surface area contributed by atoms with E-state index in [1.165, 1.54) is 0 Å². The highest BCUT2D eigenvalue weighted by Gasteiger charge is 2.44. The van der Waals surface area contributed by atoms with Crippen LogP contribution in [0, 0.1) is 11.8 Å². The number of ether oxygens (including phenoxy) is 1. The third-order valence-electron chi connectivity index (χ3n) is 3.51. The lowest BCUT2D eigenvalue weighted by atomic mass is 9.71. The van der Waals surface area contributed by atoms with Crippen molar-refractivity contribution in [3.63, 3.8) is 0 Å². The van der Waals surface area contributed by atoms with Crippen LogP contribution in [0.4, 0.5) is 0 Å². The zero-order valence-electron chi connectivity index (χ0n) is 10.7. The maximum atomic E-state index is 11.9. The fraction of sp³-hybridized carbons (Fsp3) is 0.923. The molecule has 0 amide bonds. The Hall–Kier alpha value is -0.570. The maximum Gasteiger partial charge on any atom is 0.312 e. The van der Waals surface area contributed by atoms with Crippen LogP contribution in [0.2, 0.25) is 0 Å². The third kappa shape index (κ3) is 2.97. The first-order valence-corrected chi connectivity index (χ1v) is 6.40. The number of rotatable bonds is 4. The van der Waals surface area contributed by atoms with E-state index in [0.29, 0.717) is 6.61 Å². The number of hydrogen-bond donors (Lipinski definition) is 1. The molecule has 3 heteroatoms. The summed E-state index contributed by atoms with van der Waals surface area (Å²) in [5, 5.41) is 10.6. The van der Waals surface area contributed by atoms with Gasteiger partial charge < -0.3 is 9.84 Å². The van der Waals surface area contributed by atoms with Crippen molar-refractivity contribution in [3.8, 4) is 0 Å². The SMILES string of the molecule is CCOC(=O)C(C(C)C)C1(O)CCCCC1. The molecule has 0 aromatic carbocycles. The topological polar surface area (TPSA) is 46.5 Å². The third-order valence-corrected chi connectivity index (χ3v) is 3.51. The molecule has 0 heterocycles. The molecule has 0 radical (unpaired) electrons. The van der Waals surface area contributed by atoms with Gasteiger partial charge in [-0.15, -0.1) is 0 Å². The standard InChI is InChI=1S/C13H24O3/c1-4-16-12(14)11(10(2)3)13(15)8-6-5-7-9-13/h10-11,15H,4-9H2,1-3H3. The molecule has 0 aliphatic heterocycles. The molecule has 0 aromatic heterocycles. The largest absolute Gasteiger partial charge is 0.466 e. The van der Waals surface area contributed by atoms with E-state index in [2.05, 4.69) is 0 Å². The second kappa shape index (κ2) is 5.67. The molecule has 1 aliphatic rings. The number of esters is 1. The highest BCUT2D eigenvalue weighted by atomic mass is 16.5. The van der Waals surface area contributed by atoms with Gasteiger partial charge in [0.1, 0.15) is 0 Å². The van der Waals surface area contributed by atoms with Gasteiger partial charge in [-0.25, -0.2) is 0 Å². The molecule has 1 saturated carbocycles. The van der Waals surface area contributed by atoms with Gasteiger partial charge in [-0.05, 0) is 25.7 Å². The predicted octanol–water partition coefficient (Wildman–Crippen LogP) is 2.52. The summed E-state index contributed by atoms with van der Waals surface area (Å²) < 4.78 is 5.08. The molecule has 94 valence electrons. The van der Waals surface area contributed by atoms with Crippen molar-refractivity contribution in [2.24, 2.45) is 11.8 Å². The van der Waals surface area contributed by atoms with Gasteiger partial charge in [0, 0.05) is 0 Å². The van der Waals surface area contributed by atoms with Gasteiger partial charge >= 0.3 is 5.97 Å². The molecule has 0 saturated heterocycles. The molecule has 1 N–H and O–H groups in total. The van der Waals surface area contributed by atoms with Crippen LogP contribution < -0.4 is 0 Å². The average molecular weight is 228 g/mol. The second-order valence-corrected chi connectivity index (χ2v) is 5.14. The van der Waals surface area contributed by atoms with Crippen molar-refractivity contribution >= 4 is 5.97 Å². The second-order valence-electron chi connectivity index (χ2n) is 5.14. The summed E-state index contributed by atoms with van der Waals surface area (Å²) in [4.78, 5) is 11.9. The quantitative estimate of drug-likeness (QED) is 0.752. The Bertz CT molecular complexity index is 229. The molecule has 0 spiro atoms. The summed E-state index contributed by atoms with van der Waals surface area (Å²) in [7, 11) is 0. The monoisotopic (exact) mass is 228 g/mol. The van der Waals surface area contributed by atoms with Gasteiger partial charge in [-0.1, -0.05) is 33.1 Å². The highest BCUT2D eigenvalue weighted by molar-refractivity contribution is 5.74. The van der Waals surface area contributed by atoms with E-state index in [1.807, 2.05) is 13.8 Å². The van der Waals surface area contributed by atoms with Gasteiger partial charge in [0.2, 0.25) is 0 Å². The van der Waals surface area contributed by atoms with Gasteiger partial charge in [0.15, 0.2) is 0 Å². The van der Waals surface area contributed by atoms with E-state index in [9.17, 15) is 9.90 Å². The first-order valence-electron chi connectivity index (χ1n) is 6.40. The van der Waals surface area contributed by atoms with Crippen molar-refractivity contribution in [3.05, 3.63) is 0 Å². The minimum absolute atomic E-state index is 0.127. The van der Waals surface area contributed by atoms with Crippen molar-refractivity contribution in [2.75, 3.05) is 6.61 Å². The fourth-order valence-electron chi connectivity index (χ4n) is 2.82. The zero-order valence-corrected chi connectivity index (χ0v) is 10.7. The summed E-state index contributed by atoms with van der Waals surface area (Å²) >= 11 is 0. The van der Waals surface area contributed by atoms with E-state index in [0.717, 1.165) is 32.1 Å². The van der Waals surface area contributed by atoms with Crippen molar-refractivity contribution in [1.29, 1.82) is 0 Å². The summed E-state index contributed by atoms with van der Waals surface area (Å²) in [6.07, 6.45) is 4.65. The Morgan fingerprint density at radius 3 is 2.31 bits per heavy atom. The van der Waals surface area contributed by atoms with Gasteiger partial charge in [-0.3, -0.25) is 4.79 Å². The number of aliphatic hydroxyl groups is 1. The lowest BCUT2D eigenvalue weighted by molar-refractivity contribution is -0.165. The number of carbonyl (C=O) groups is 1. The van der Waals surface area contributed by atoms with Crippen LogP contribution in [-0.4, -0.2) is 23.3 Å². The van der Waals surface area contributed by atoms with Crippen molar-refractivity contribution in [1.82, 2.24) is 0 Å². The van der Waals surface area contributed by atoms with Gasteiger partial charge in [0.25, 0.3) is 0 Å². The van der Waals surface area contributed by atoms with Crippen LogP contribution in [0.1, 0.15) is 52.9 Å². The first-order chi connectivity index (χ1) is 7.51. The van der Waals surface area contributed by atoms with Crippen molar-refractivity contribution in [2.45, 2.75) is 58.5 Å². The first kappa shape index (κ1) is 13.5. The summed E-state index contributed by atoms with van der Waals surface area (Å²) in [5.41, 5.74) is -0.835. The van der Waals surface area contributed by atoms with Gasteiger partial charge in [0.05, 0.1) is 18.1 Å². The van der Waals surface area contributed by atoms with E-state index in [-0.39, 0.29) is 17.8 Å². The minimum atomic E-state index is -0.835. The van der Waals surface area contributed by atoms with Crippen molar-refractivity contribution < 1.29 is 14.6 Å². The zero-order chi connectivity index (χ0) is 12.2. The van der Waals surface area contributed by atoms with Crippen LogP contribution >= 0.6 is 0 Å². The lowest BCUT2D eigenvalue weighted by Crippen LogP contribution is -2.47. The molecule has 0 aromatic rings.